The average molecular weight is 375 g/mol. The van der Waals surface area contributed by atoms with Crippen LogP contribution in [0.1, 0.15) is 30.9 Å². The molecule has 0 spiro atoms. The zero-order chi connectivity index (χ0) is 19.1. The van der Waals surface area contributed by atoms with Crippen molar-refractivity contribution in [1.29, 1.82) is 0 Å². The molecule has 146 valence electrons. The van der Waals surface area contributed by atoms with Crippen molar-refractivity contribution in [2.24, 2.45) is 0 Å². The van der Waals surface area contributed by atoms with Gasteiger partial charge in [-0.05, 0) is 25.1 Å². The Bertz CT molecular complexity index is 738. The molecule has 1 aliphatic heterocycles. The molecule has 3 rings (SSSR count). The van der Waals surface area contributed by atoms with E-state index >= 15 is 0 Å². The van der Waals surface area contributed by atoms with Crippen molar-refractivity contribution in [1.82, 2.24) is 0 Å². The molecular formula is C22H31FN2O2+2. The number of ether oxygens (including phenoxy) is 2. The molecule has 0 aromatic heterocycles. The molecule has 0 radical (unpaired) electrons. The molecule has 0 aliphatic carbocycles. The van der Waals surface area contributed by atoms with Crippen LogP contribution in [0.2, 0.25) is 0 Å². The standard InChI is InChI=1S/C22H29FN2O2/c1-3-25-13-7-10-19(25)15-24-14-17-9-6-12-21(26-2)22(17)27-16-18-8-4-5-11-20(18)23/h4-6,8-9,11-12,19,24H,3,7,10,13-16H2,1-2H3/p+2/t19-/m0/s1. The van der Waals surface area contributed by atoms with Gasteiger partial charge in [-0.3, -0.25) is 0 Å². The van der Waals surface area contributed by atoms with Crippen LogP contribution in [0.3, 0.4) is 0 Å². The number of likely N-dealkylation sites (N-methyl/N-ethyl adjacent to an activating group) is 1. The minimum Gasteiger partial charge on any atom is -0.493 e. The average Bonchev–Trinajstić information content (AvgIpc) is 3.15. The fourth-order valence-electron chi connectivity index (χ4n) is 3.99. The van der Waals surface area contributed by atoms with Crippen LogP contribution in [0.5, 0.6) is 11.5 Å². The lowest BCUT2D eigenvalue weighted by Crippen LogP contribution is -3.16. The van der Waals surface area contributed by atoms with Gasteiger partial charge in [0.15, 0.2) is 11.5 Å². The molecule has 4 nitrogen and oxygen atoms in total. The molecule has 0 bridgehead atoms. The van der Waals surface area contributed by atoms with E-state index in [0.717, 1.165) is 24.7 Å². The molecule has 5 heteroatoms. The summed E-state index contributed by atoms with van der Waals surface area (Å²) in [6, 6.07) is 13.4. The molecule has 2 aromatic rings. The van der Waals surface area contributed by atoms with E-state index in [4.69, 9.17) is 9.47 Å². The Morgan fingerprint density at radius 2 is 1.96 bits per heavy atom. The number of nitrogens with two attached hydrogens (primary N) is 1. The van der Waals surface area contributed by atoms with E-state index in [2.05, 4.69) is 18.3 Å². The maximum Gasteiger partial charge on any atom is 0.170 e. The summed E-state index contributed by atoms with van der Waals surface area (Å²) in [6.07, 6.45) is 2.65. The second kappa shape index (κ2) is 9.72. The number of methoxy groups -OCH3 is 1. The van der Waals surface area contributed by atoms with Crippen molar-refractivity contribution in [2.75, 3.05) is 26.7 Å². The van der Waals surface area contributed by atoms with E-state index in [9.17, 15) is 4.39 Å². The fraction of sp³-hybridized carbons (Fsp3) is 0.455. The second-order valence-electron chi connectivity index (χ2n) is 7.16. The third-order valence-corrected chi connectivity index (χ3v) is 5.51. The van der Waals surface area contributed by atoms with E-state index < -0.39 is 0 Å². The number of hydrogen-bond acceptors (Lipinski definition) is 2. The van der Waals surface area contributed by atoms with Crippen LogP contribution in [0.25, 0.3) is 0 Å². The summed E-state index contributed by atoms with van der Waals surface area (Å²) in [5.74, 6) is 1.16. The summed E-state index contributed by atoms with van der Waals surface area (Å²) in [7, 11) is 1.64. The molecule has 1 saturated heterocycles. The monoisotopic (exact) mass is 374 g/mol. The first-order valence-corrected chi connectivity index (χ1v) is 9.91. The van der Waals surface area contributed by atoms with Crippen LogP contribution < -0.4 is 19.7 Å². The number of halogens is 1. The van der Waals surface area contributed by atoms with Gasteiger partial charge in [-0.15, -0.1) is 0 Å². The number of quaternary nitrogens is 2. The van der Waals surface area contributed by atoms with Gasteiger partial charge in [0, 0.05) is 18.4 Å². The SMILES string of the molecule is CC[NH+]1CCC[C@H]1C[NH2+]Cc1cccc(OC)c1OCc1ccccc1F. The number of nitrogens with one attached hydrogen (secondary N) is 1. The molecule has 2 aromatic carbocycles. The molecule has 0 amide bonds. The molecule has 2 atom stereocenters. The van der Waals surface area contributed by atoms with Crippen molar-refractivity contribution in [3.63, 3.8) is 0 Å². The summed E-state index contributed by atoms with van der Waals surface area (Å²) in [6.45, 7) is 6.91. The highest BCUT2D eigenvalue weighted by Crippen LogP contribution is 2.31. The largest absolute Gasteiger partial charge is 0.493 e. The van der Waals surface area contributed by atoms with Crippen molar-refractivity contribution in [2.45, 2.75) is 39.0 Å². The molecular weight excluding hydrogens is 343 g/mol. The van der Waals surface area contributed by atoms with Gasteiger partial charge in [-0.25, -0.2) is 4.39 Å². The quantitative estimate of drug-likeness (QED) is 0.699. The lowest BCUT2D eigenvalue weighted by Gasteiger charge is -2.19. The Hall–Kier alpha value is -2.11. The Labute approximate surface area is 161 Å². The van der Waals surface area contributed by atoms with Crippen LogP contribution in [0, 0.1) is 5.82 Å². The van der Waals surface area contributed by atoms with Crippen LogP contribution in [-0.2, 0) is 13.2 Å². The predicted molar refractivity (Wildman–Crippen MR) is 104 cm³/mol. The highest BCUT2D eigenvalue weighted by Gasteiger charge is 2.28. The highest BCUT2D eigenvalue weighted by atomic mass is 19.1. The highest BCUT2D eigenvalue weighted by molar-refractivity contribution is 5.46. The Kier molecular flexibility index (Phi) is 7.07. The fourth-order valence-corrected chi connectivity index (χ4v) is 3.99. The molecule has 3 N–H and O–H groups in total. The molecule has 1 unspecified atom stereocenters. The Balaban J connectivity index is 1.65. The number of hydrogen-bond donors (Lipinski definition) is 2. The molecule has 1 heterocycles. The zero-order valence-corrected chi connectivity index (χ0v) is 16.3. The van der Waals surface area contributed by atoms with Crippen LogP contribution in [-0.4, -0.2) is 32.8 Å². The molecule has 1 aliphatic rings. The molecule has 0 saturated carbocycles. The minimum atomic E-state index is -0.246. The Morgan fingerprint density at radius 1 is 1.15 bits per heavy atom. The van der Waals surface area contributed by atoms with Gasteiger partial charge in [0.25, 0.3) is 0 Å². The topological polar surface area (TPSA) is 39.5 Å². The summed E-state index contributed by atoms with van der Waals surface area (Å²) in [5.41, 5.74) is 1.63. The first kappa shape index (κ1) is 19.6. The Morgan fingerprint density at radius 3 is 2.74 bits per heavy atom. The van der Waals surface area contributed by atoms with Gasteiger partial charge in [0.05, 0.1) is 25.8 Å². The first-order chi connectivity index (χ1) is 13.2. The van der Waals surface area contributed by atoms with E-state index in [1.165, 1.54) is 32.0 Å². The van der Waals surface area contributed by atoms with Crippen LogP contribution in [0.15, 0.2) is 42.5 Å². The lowest BCUT2D eigenvalue weighted by molar-refractivity contribution is -0.925. The van der Waals surface area contributed by atoms with Gasteiger partial charge in [-0.1, -0.05) is 24.3 Å². The van der Waals surface area contributed by atoms with E-state index in [1.54, 1.807) is 24.1 Å². The maximum atomic E-state index is 13.9. The van der Waals surface area contributed by atoms with Gasteiger partial charge in [0.1, 0.15) is 31.6 Å². The van der Waals surface area contributed by atoms with Crippen molar-refractivity contribution in [3.8, 4) is 11.5 Å². The normalized spacial score (nSPS) is 19.2. The summed E-state index contributed by atoms with van der Waals surface area (Å²) < 4.78 is 25.4. The third-order valence-electron chi connectivity index (χ3n) is 5.51. The van der Waals surface area contributed by atoms with Gasteiger partial charge < -0.3 is 19.7 Å². The van der Waals surface area contributed by atoms with Crippen molar-refractivity contribution >= 4 is 0 Å². The molecule has 27 heavy (non-hydrogen) atoms. The van der Waals surface area contributed by atoms with Crippen molar-refractivity contribution in [3.05, 3.63) is 59.4 Å². The van der Waals surface area contributed by atoms with Gasteiger partial charge >= 0.3 is 0 Å². The zero-order valence-electron chi connectivity index (χ0n) is 16.3. The summed E-state index contributed by atoms with van der Waals surface area (Å²) in [5, 5.41) is 2.36. The second-order valence-corrected chi connectivity index (χ2v) is 7.16. The lowest BCUT2D eigenvalue weighted by atomic mass is 10.1. The maximum absolute atomic E-state index is 13.9. The van der Waals surface area contributed by atoms with E-state index in [1.807, 2.05) is 18.2 Å². The molecule has 1 fully saturated rings. The van der Waals surface area contributed by atoms with Crippen LogP contribution >= 0.6 is 0 Å². The van der Waals surface area contributed by atoms with Crippen LogP contribution in [0.4, 0.5) is 4.39 Å². The van der Waals surface area contributed by atoms with E-state index in [-0.39, 0.29) is 12.4 Å². The van der Waals surface area contributed by atoms with E-state index in [0.29, 0.717) is 17.1 Å². The minimum absolute atomic E-state index is 0.191. The smallest absolute Gasteiger partial charge is 0.170 e. The van der Waals surface area contributed by atoms with Crippen molar-refractivity contribution < 1.29 is 24.1 Å². The van der Waals surface area contributed by atoms with Gasteiger partial charge in [0.2, 0.25) is 0 Å². The first-order valence-electron chi connectivity index (χ1n) is 9.91. The summed E-state index contributed by atoms with van der Waals surface area (Å²) >= 11 is 0. The number of benzene rings is 2. The third kappa shape index (κ3) is 4.99. The number of likely N-dealkylation sites (tertiary alicyclic amines) is 1. The van der Waals surface area contributed by atoms with Gasteiger partial charge in [-0.2, -0.15) is 0 Å². The number of rotatable bonds is 9. The predicted octanol–water partition coefficient (Wildman–Crippen LogP) is 1.54. The number of para-hydroxylation sites is 1. The summed E-state index contributed by atoms with van der Waals surface area (Å²) in [4.78, 5) is 1.72.